The largest absolute Gasteiger partial charge is 0.493 e. The first-order valence-corrected chi connectivity index (χ1v) is 10.5. The van der Waals surface area contributed by atoms with Crippen molar-refractivity contribution in [2.45, 2.75) is 5.92 Å². The average Bonchev–Trinajstić information content (AvgIpc) is 3.53. The van der Waals surface area contributed by atoms with Crippen LogP contribution in [0.4, 0.5) is 0 Å². The third-order valence-corrected chi connectivity index (χ3v) is 5.50. The first-order valence-electron chi connectivity index (χ1n) is 10.5. The third kappa shape index (κ3) is 4.69. The van der Waals surface area contributed by atoms with Gasteiger partial charge in [0.25, 0.3) is 5.91 Å². The Balaban J connectivity index is 1.58. The van der Waals surface area contributed by atoms with Crippen molar-refractivity contribution in [3.8, 4) is 11.5 Å². The summed E-state index contributed by atoms with van der Waals surface area (Å²) < 4.78 is 16.1. The maximum atomic E-state index is 12.6. The Kier molecular flexibility index (Phi) is 6.64. The molecule has 0 aliphatic carbocycles. The van der Waals surface area contributed by atoms with Crippen molar-refractivity contribution in [3.05, 3.63) is 83.9 Å². The summed E-state index contributed by atoms with van der Waals surface area (Å²) in [7, 11) is 3.18. The number of fused-ring (bicyclic) bond motifs is 1. The normalized spacial score (nSPS) is 11.7. The molecule has 4 aromatic rings. The molecule has 0 aliphatic rings. The number of aromatic nitrogens is 1. The standard InChI is InChI=1S/C25H25N3O5/c1-31-22-9-5-7-18(24(22)32-2)20(19-12-26-21-8-4-3-6-17(19)21)13-27-23(29)14-28-25(30)16-10-11-33-15-16/h3-12,15,20,26H,13-14H2,1-2H3,(H,27,29)(H,28,30). The van der Waals surface area contributed by atoms with Crippen LogP contribution in [0.3, 0.4) is 0 Å². The lowest BCUT2D eigenvalue weighted by Gasteiger charge is -2.22. The van der Waals surface area contributed by atoms with E-state index in [0.717, 1.165) is 22.0 Å². The SMILES string of the molecule is COc1cccc(C(CNC(=O)CNC(=O)c2ccoc2)c2c[nH]c3ccccc23)c1OC. The van der Waals surface area contributed by atoms with Crippen LogP contribution < -0.4 is 20.1 Å². The summed E-state index contributed by atoms with van der Waals surface area (Å²) in [6, 6.07) is 15.2. The second-order valence-corrected chi connectivity index (χ2v) is 7.42. The number of aromatic amines is 1. The van der Waals surface area contributed by atoms with E-state index in [9.17, 15) is 9.59 Å². The van der Waals surface area contributed by atoms with E-state index in [1.165, 1.54) is 18.6 Å². The average molecular weight is 447 g/mol. The van der Waals surface area contributed by atoms with Crippen LogP contribution in [0.25, 0.3) is 10.9 Å². The zero-order valence-corrected chi connectivity index (χ0v) is 18.4. The lowest BCUT2D eigenvalue weighted by Crippen LogP contribution is -2.38. The van der Waals surface area contributed by atoms with Crippen molar-refractivity contribution in [2.75, 3.05) is 27.3 Å². The van der Waals surface area contributed by atoms with Crippen LogP contribution in [-0.4, -0.2) is 44.1 Å². The Morgan fingerprint density at radius 1 is 1.00 bits per heavy atom. The first-order chi connectivity index (χ1) is 16.1. The number of hydrogen-bond donors (Lipinski definition) is 3. The van der Waals surface area contributed by atoms with Gasteiger partial charge in [-0.1, -0.05) is 30.3 Å². The number of H-pyrrole nitrogens is 1. The van der Waals surface area contributed by atoms with E-state index in [4.69, 9.17) is 13.9 Å². The predicted molar refractivity (Wildman–Crippen MR) is 124 cm³/mol. The molecule has 2 aromatic heterocycles. The topological polar surface area (TPSA) is 106 Å². The summed E-state index contributed by atoms with van der Waals surface area (Å²) >= 11 is 0. The number of carbonyl (C=O) groups excluding carboxylic acids is 2. The highest BCUT2D eigenvalue weighted by molar-refractivity contribution is 5.96. The van der Waals surface area contributed by atoms with Crippen molar-refractivity contribution in [2.24, 2.45) is 0 Å². The van der Waals surface area contributed by atoms with Crippen molar-refractivity contribution in [1.82, 2.24) is 15.6 Å². The number of benzene rings is 2. The summed E-state index contributed by atoms with van der Waals surface area (Å²) in [4.78, 5) is 27.9. The fourth-order valence-corrected chi connectivity index (χ4v) is 3.89. The number of amides is 2. The Morgan fingerprint density at radius 2 is 1.85 bits per heavy atom. The van der Waals surface area contributed by atoms with Crippen LogP contribution in [0.15, 0.2) is 71.7 Å². The van der Waals surface area contributed by atoms with E-state index in [2.05, 4.69) is 15.6 Å². The van der Waals surface area contributed by atoms with Crippen molar-refractivity contribution >= 4 is 22.7 Å². The van der Waals surface area contributed by atoms with E-state index < -0.39 is 0 Å². The van der Waals surface area contributed by atoms with E-state index in [-0.39, 0.29) is 24.3 Å². The summed E-state index contributed by atoms with van der Waals surface area (Å²) in [5, 5.41) is 6.58. The zero-order valence-electron chi connectivity index (χ0n) is 18.4. The molecule has 1 unspecified atom stereocenters. The minimum absolute atomic E-state index is 0.153. The van der Waals surface area contributed by atoms with Crippen LogP contribution in [-0.2, 0) is 4.79 Å². The molecule has 2 aromatic carbocycles. The monoisotopic (exact) mass is 447 g/mol. The van der Waals surface area contributed by atoms with Crippen LogP contribution >= 0.6 is 0 Å². The van der Waals surface area contributed by atoms with Gasteiger partial charge in [-0.2, -0.15) is 0 Å². The molecule has 0 radical (unpaired) electrons. The molecule has 0 bridgehead atoms. The fourth-order valence-electron chi connectivity index (χ4n) is 3.89. The minimum atomic E-state index is -0.374. The highest BCUT2D eigenvalue weighted by Gasteiger charge is 2.24. The molecule has 2 amide bonds. The van der Waals surface area contributed by atoms with E-state index in [0.29, 0.717) is 23.6 Å². The number of para-hydroxylation sites is 2. The number of methoxy groups -OCH3 is 2. The molecule has 1 atom stereocenters. The van der Waals surface area contributed by atoms with Crippen LogP contribution in [0.1, 0.15) is 27.4 Å². The summed E-state index contributed by atoms with van der Waals surface area (Å²) in [5.41, 5.74) is 3.25. The van der Waals surface area contributed by atoms with Crippen LogP contribution in [0.5, 0.6) is 11.5 Å². The molecule has 33 heavy (non-hydrogen) atoms. The highest BCUT2D eigenvalue weighted by atomic mass is 16.5. The molecule has 0 spiro atoms. The fraction of sp³-hybridized carbons (Fsp3) is 0.200. The Hall–Kier alpha value is -4.20. The van der Waals surface area contributed by atoms with Crippen LogP contribution in [0, 0.1) is 0 Å². The Labute approximate surface area is 190 Å². The second-order valence-electron chi connectivity index (χ2n) is 7.42. The van der Waals surface area contributed by atoms with E-state index in [1.54, 1.807) is 14.2 Å². The van der Waals surface area contributed by atoms with Crippen molar-refractivity contribution < 1.29 is 23.5 Å². The smallest absolute Gasteiger partial charge is 0.254 e. The van der Waals surface area contributed by atoms with Gasteiger partial charge in [0.2, 0.25) is 5.91 Å². The lowest BCUT2D eigenvalue weighted by molar-refractivity contribution is -0.120. The van der Waals surface area contributed by atoms with Crippen LogP contribution in [0.2, 0.25) is 0 Å². The molecule has 2 heterocycles. The van der Waals surface area contributed by atoms with Gasteiger partial charge < -0.3 is 29.5 Å². The summed E-state index contributed by atoms with van der Waals surface area (Å²) in [5.74, 6) is 0.316. The van der Waals surface area contributed by atoms with Gasteiger partial charge in [-0.15, -0.1) is 0 Å². The van der Waals surface area contributed by atoms with Gasteiger partial charge in [0, 0.05) is 35.1 Å². The van der Waals surface area contributed by atoms with Gasteiger partial charge in [0.1, 0.15) is 6.26 Å². The number of ether oxygens (including phenoxy) is 2. The highest BCUT2D eigenvalue weighted by Crippen LogP contribution is 2.40. The number of nitrogens with one attached hydrogen (secondary N) is 3. The van der Waals surface area contributed by atoms with E-state index >= 15 is 0 Å². The van der Waals surface area contributed by atoms with Gasteiger partial charge in [0.05, 0.1) is 32.6 Å². The number of rotatable bonds is 9. The van der Waals surface area contributed by atoms with Gasteiger partial charge in [-0.3, -0.25) is 9.59 Å². The maximum absolute atomic E-state index is 12.6. The molecule has 170 valence electrons. The number of hydrogen-bond acceptors (Lipinski definition) is 5. The Morgan fingerprint density at radius 3 is 2.61 bits per heavy atom. The van der Waals surface area contributed by atoms with Gasteiger partial charge >= 0.3 is 0 Å². The van der Waals surface area contributed by atoms with Crippen molar-refractivity contribution in [1.29, 1.82) is 0 Å². The van der Waals surface area contributed by atoms with Gasteiger partial charge in [0.15, 0.2) is 11.5 Å². The minimum Gasteiger partial charge on any atom is -0.493 e. The third-order valence-electron chi connectivity index (χ3n) is 5.50. The molecule has 4 rings (SSSR count). The van der Waals surface area contributed by atoms with E-state index in [1.807, 2.05) is 48.7 Å². The van der Waals surface area contributed by atoms with Gasteiger partial charge in [-0.25, -0.2) is 0 Å². The molecule has 3 N–H and O–H groups in total. The molecule has 8 heteroatoms. The molecule has 0 fully saturated rings. The Bertz CT molecular complexity index is 1250. The molecular formula is C25H25N3O5. The molecule has 0 saturated heterocycles. The summed E-state index contributed by atoms with van der Waals surface area (Å²) in [6.45, 7) is 0.144. The number of carbonyl (C=O) groups is 2. The maximum Gasteiger partial charge on any atom is 0.254 e. The van der Waals surface area contributed by atoms with Gasteiger partial charge in [-0.05, 0) is 23.8 Å². The molecule has 8 nitrogen and oxygen atoms in total. The predicted octanol–water partition coefficient (Wildman–Crippen LogP) is 3.46. The zero-order chi connectivity index (χ0) is 23.2. The van der Waals surface area contributed by atoms with Crippen molar-refractivity contribution in [3.63, 3.8) is 0 Å². The quantitative estimate of drug-likeness (QED) is 0.364. The molecule has 0 aliphatic heterocycles. The first kappa shape index (κ1) is 22.0. The second kappa shape index (κ2) is 9.95. The molecule has 0 saturated carbocycles. The summed E-state index contributed by atoms with van der Waals surface area (Å²) in [6.07, 6.45) is 4.68. The molecular weight excluding hydrogens is 422 g/mol. The number of furan rings is 1. The lowest BCUT2D eigenvalue weighted by atomic mass is 9.90.